The number of hydrogen-bond acceptors (Lipinski definition) is 3. The molecule has 1 heterocycles. The third kappa shape index (κ3) is 2.63. The maximum Gasteiger partial charge on any atom is 0.416 e. The van der Waals surface area contributed by atoms with Crippen LogP contribution < -0.4 is 10.6 Å². The van der Waals surface area contributed by atoms with E-state index in [1.807, 2.05) is 0 Å². The lowest BCUT2D eigenvalue weighted by Gasteiger charge is -2.28. The first-order valence-corrected chi connectivity index (χ1v) is 5.21. The molecule has 3 nitrogen and oxygen atoms in total. The van der Waals surface area contributed by atoms with Gasteiger partial charge < -0.3 is 15.4 Å². The molecule has 0 aromatic heterocycles. The molecular weight excluding hydrogens is 233 g/mol. The van der Waals surface area contributed by atoms with E-state index in [4.69, 9.17) is 4.74 Å². The number of methoxy groups -OCH3 is 1. The van der Waals surface area contributed by atoms with Crippen LogP contribution >= 0.6 is 0 Å². The van der Waals surface area contributed by atoms with E-state index in [1.165, 1.54) is 6.07 Å². The Hall–Kier alpha value is -1.43. The van der Waals surface area contributed by atoms with E-state index in [-0.39, 0.29) is 6.04 Å². The maximum absolute atomic E-state index is 12.5. The van der Waals surface area contributed by atoms with Gasteiger partial charge >= 0.3 is 6.18 Å². The van der Waals surface area contributed by atoms with Gasteiger partial charge in [-0.1, -0.05) is 0 Å². The average Bonchev–Trinajstić information content (AvgIpc) is 2.27. The minimum atomic E-state index is -4.31. The molecule has 17 heavy (non-hydrogen) atoms. The number of fused-ring (bicyclic) bond motifs is 1. The molecule has 1 unspecified atom stereocenters. The summed E-state index contributed by atoms with van der Waals surface area (Å²) in [6, 6.07) is 3.70. The normalized spacial score (nSPS) is 19.2. The Morgan fingerprint density at radius 2 is 2.12 bits per heavy atom. The highest BCUT2D eigenvalue weighted by Crippen LogP contribution is 2.35. The van der Waals surface area contributed by atoms with E-state index >= 15 is 0 Å². The lowest BCUT2D eigenvalue weighted by atomic mass is 10.1. The van der Waals surface area contributed by atoms with Gasteiger partial charge in [-0.05, 0) is 18.2 Å². The van der Waals surface area contributed by atoms with Crippen LogP contribution in [-0.4, -0.2) is 26.3 Å². The van der Waals surface area contributed by atoms with Crippen LogP contribution in [0.3, 0.4) is 0 Å². The molecule has 1 aliphatic rings. The number of nitrogens with one attached hydrogen (secondary N) is 2. The second kappa shape index (κ2) is 4.44. The summed E-state index contributed by atoms with van der Waals surface area (Å²) in [6.07, 6.45) is -4.31. The van der Waals surface area contributed by atoms with Gasteiger partial charge in [0.1, 0.15) is 0 Å². The number of rotatable bonds is 2. The van der Waals surface area contributed by atoms with Crippen LogP contribution in [0.25, 0.3) is 0 Å². The van der Waals surface area contributed by atoms with E-state index in [1.54, 1.807) is 7.11 Å². The minimum Gasteiger partial charge on any atom is -0.382 e. The van der Waals surface area contributed by atoms with E-state index in [0.29, 0.717) is 24.5 Å². The van der Waals surface area contributed by atoms with Gasteiger partial charge in [-0.25, -0.2) is 0 Å². The fraction of sp³-hybridized carbons (Fsp3) is 0.455. The van der Waals surface area contributed by atoms with Crippen LogP contribution in [0.5, 0.6) is 0 Å². The number of anilines is 2. The monoisotopic (exact) mass is 246 g/mol. The van der Waals surface area contributed by atoms with Crippen LogP contribution in [0.15, 0.2) is 18.2 Å². The van der Waals surface area contributed by atoms with Crippen molar-refractivity contribution in [2.24, 2.45) is 0 Å². The summed E-state index contributed by atoms with van der Waals surface area (Å²) in [5.41, 5.74) is 0.509. The summed E-state index contributed by atoms with van der Waals surface area (Å²) in [4.78, 5) is 0. The third-order valence-electron chi connectivity index (χ3n) is 2.61. The summed E-state index contributed by atoms with van der Waals surface area (Å²) >= 11 is 0. The minimum absolute atomic E-state index is 0.0734. The topological polar surface area (TPSA) is 33.3 Å². The van der Waals surface area contributed by atoms with Crippen LogP contribution in [0.4, 0.5) is 24.5 Å². The zero-order chi connectivity index (χ0) is 12.5. The Balaban J connectivity index is 2.20. The fourth-order valence-electron chi connectivity index (χ4n) is 1.80. The Morgan fingerprint density at radius 3 is 2.76 bits per heavy atom. The standard InChI is InChI=1S/C11H13F3N2O/c1-17-6-8-5-15-10-4-7(11(12,13)14)2-3-9(10)16-8/h2-4,8,15-16H,5-6H2,1H3. The van der Waals surface area contributed by atoms with Crippen molar-refractivity contribution < 1.29 is 17.9 Å². The lowest BCUT2D eigenvalue weighted by molar-refractivity contribution is -0.137. The zero-order valence-electron chi connectivity index (χ0n) is 9.27. The van der Waals surface area contributed by atoms with Crippen molar-refractivity contribution in [3.05, 3.63) is 23.8 Å². The zero-order valence-corrected chi connectivity index (χ0v) is 9.27. The third-order valence-corrected chi connectivity index (χ3v) is 2.61. The number of halogens is 3. The van der Waals surface area contributed by atoms with Crippen molar-refractivity contribution in [2.75, 3.05) is 30.9 Å². The summed E-state index contributed by atoms with van der Waals surface area (Å²) < 4.78 is 42.5. The first-order chi connectivity index (χ1) is 8.00. The lowest BCUT2D eigenvalue weighted by Crippen LogP contribution is -2.36. The molecular formula is C11H13F3N2O. The molecule has 0 saturated carbocycles. The number of ether oxygens (including phenoxy) is 1. The van der Waals surface area contributed by atoms with Gasteiger partial charge in [0.25, 0.3) is 0 Å². The summed E-state index contributed by atoms with van der Waals surface area (Å²) in [5, 5.41) is 6.09. The van der Waals surface area contributed by atoms with E-state index in [2.05, 4.69) is 10.6 Å². The second-order valence-electron chi connectivity index (χ2n) is 3.94. The molecule has 1 aliphatic heterocycles. The van der Waals surface area contributed by atoms with Crippen LogP contribution in [0.2, 0.25) is 0 Å². The molecule has 0 spiro atoms. The molecule has 0 fully saturated rings. The molecule has 0 aliphatic carbocycles. The Kier molecular flexibility index (Phi) is 3.15. The Labute approximate surface area is 97.0 Å². The number of alkyl halides is 3. The smallest absolute Gasteiger partial charge is 0.382 e. The highest BCUT2D eigenvalue weighted by Gasteiger charge is 2.31. The number of hydrogen-bond donors (Lipinski definition) is 2. The van der Waals surface area contributed by atoms with E-state index in [0.717, 1.165) is 12.1 Å². The largest absolute Gasteiger partial charge is 0.416 e. The first kappa shape index (κ1) is 12.0. The van der Waals surface area contributed by atoms with Gasteiger partial charge in [-0.3, -0.25) is 0 Å². The number of benzene rings is 1. The SMILES string of the molecule is COCC1CNc2cc(C(F)(F)F)ccc2N1. The average molecular weight is 246 g/mol. The van der Waals surface area contributed by atoms with Crippen molar-refractivity contribution in [3.8, 4) is 0 Å². The molecule has 94 valence electrons. The summed E-state index contributed by atoms with van der Waals surface area (Å²) in [7, 11) is 1.59. The van der Waals surface area contributed by atoms with Crippen LogP contribution in [0, 0.1) is 0 Å². The second-order valence-corrected chi connectivity index (χ2v) is 3.94. The van der Waals surface area contributed by atoms with E-state index < -0.39 is 11.7 Å². The molecule has 2 rings (SSSR count). The quantitative estimate of drug-likeness (QED) is 0.841. The molecule has 0 saturated heterocycles. The van der Waals surface area contributed by atoms with Crippen molar-refractivity contribution in [1.82, 2.24) is 0 Å². The van der Waals surface area contributed by atoms with E-state index in [9.17, 15) is 13.2 Å². The maximum atomic E-state index is 12.5. The Bertz CT molecular complexity index is 406. The highest BCUT2D eigenvalue weighted by atomic mass is 19.4. The molecule has 0 radical (unpaired) electrons. The molecule has 6 heteroatoms. The predicted molar refractivity (Wildman–Crippen MR) is 59.2 cm³/mol. The predicted octanol–water partition coefficient (Wildman–Crippen LogP) is 2.56. The first-order valence-electron chi connectivity index (χ1n) is 5.21. The molecule has 0 bridgehead atoms. The fourth-order valence-corrected chi connectivity index (χ4v) is 1.80. The summed E-state index contributed by atoms with van der Waals surface area (Å²) in [5.74, 6) is 0. The Morgan fingerprint density at radius 1 is 1.35 bits per heavy atom. The molecule has 1 aromatic rings. The van der Waals surface area contributed by atoms with Crippen LogP contribution in [-0.2, 0) is 10.9 Å². The van der Waals surface area contributed by atoms with Gasteiger partial charge in [0, 0.05) is 13.7 Å². The van der Waals surface area contributed by atoms with Gasteiger partial charge in [-0.15, -0.1) is 0 Å². The van der Waals surface area contributed by atoms with Gasteiger partial charge in [0.2, 0.25) is 0 Å². The van der Waals surface area contributed by atoms with Crippen molar-refractivity contribution in [3.63, 3.8) is 0 Å². The molecule has 1 aromatic carbocycles. The van der Waals surface area contributed by atoms with Gasteiger partial charge in [0.15, 0.2) is 0 Å². The van der Waals surface area contributed by atoms with Crippen molar-refractivity contribution in [1.29, 1.82) is 0 Å². The van der Waals surface area contributed by atoms with Crippen molar-refractivity contribution in [2.45, 2.75) is 12.2 Å². The molecule has 2 N–H and O–H groups in total. The molecule has 1 atom stereocenters. The van der Waals surface area contributed by atoms with Gasteiger partial charge in [-0.2, -0.15) is 13.2 Å². The molecule has 0 amide bonds. The highest BCUT2D eigenvalue weighted by molar-refractivity contribution is 5.72. The summed E-state index contributed by atoms with van der Waals surface area (Å²) in [6.45, 7) is 1.05. The van der Waals surface area contributed by atoms with Gasteiger partial charge in [0.05, 0.1) is 29.6 Å². The van der Waals surface area contributed by atoms with Crippen molar-refractivity contribution >= 4 is 11.4 Å². The van der Waals surface area contributed by atoms with Crippen LogP contribution in [0.1, 0.15) is 5.56 Å².